The number of alkyl halides is 3. The van der Waals surface area contributed by atoms with Crippen LogP contribution in [-0.4, -0.2) is 46.0 Å². The lowest BCUT2D eigenvalue weighted by Crippen LogP contribution is -2.36. The molecule has 1 aliphatic heterocycles. The van der Waals surface area contributed by atoms with E-state index in [0.717, 1.165) is 61.2 Å². The van der Waals surface area contributed by atoms with Crippen LogP contribution >= 0.6 is 0 Å². The van der Waals surface area contributed by atoms with Gasteiger partial charge in [0, 0.05) is 24.0 Å². The summed E-state index contributed by atoms with van der Waals surface area (Å²) in [5, 5.41) is 6.36. The van der Waals surface area contributed by atoms with Crippen molar-refractivity contribution in [1.29, 1.82) is 0 Å². The molecule has 0 spiro atoms. The molecule has 1 fully saturated rings. The maximum absolute atomic E-state index is 13.0. The first-order chi connectivity index (χ1) is 15.3. The van der Waals surface area contributed by atoms with Gasteiger partial charge in [0.2, 0.25) is 0 Å². The van der Waals surface area contributed by atoms with Crippen LogP contribution < -0.4 is 10.6 Å². The fourth-order valence-corrected chi connectivity index (χ4v) is 3.68. The molecule has 0 bridgehead atoms. The van der Waals surface area contributed by atoms with E-state index < -0.39 is 11.7 Å². The van der Waals surface area contributed by atoms with Crippen molar-refractivity contribution in [3.63, 3.8) is 0 Å². The Morgan fingerprint density at radius 2 is 1.75 bits per heavy atom. The molecule has 3 aromatic rings. The van der Waals surface area contributed by atoms with Crippen molar-refractivity contribution in [2.24, 2.45) is 0 Å². The van der Waals surface area contributed by atoms with Crippen LogP contribution in [0.4, 0.5) is 30.6 Å². The minimum absolute atomic E-state index is 0.0830. The van der Waals surface area contributed by atoms with Crippen molar-refractivity contribution in [2.75, 3.05) is 30.8 Å². The largest absolute Gasteiger partial charge is 0.416 e. The lowest BCUT2D eigenvalue weighted by Gasteiger charge is -2.29. The Labute approximate surface area is 184 Å². The van der Waals surface area contributed by atoms with E-state index in [1.165, 1.54) is 0 Å². The second kappa shape index (κ2) is 9.12. The van der Waals surface area contributed by atoms with Crippen LogP contribution in [0.25, 0.3) is 11.3 Å². The van der Waals surface area contributed by atoms with Crippen molar-refractivity contribution in [3.05, 3.63) is 59.9 Å². The number of hydrogen-bond donors (Lipinski definition) is 2. The fraction of sp³-hybridized carbons (Fsp3) is 0.348. The highest BCUT2D eigenvalue weighted by atomic mass is 19.4. The molecule has 2 N–H and O–H groups in total. The minimum atomic E-state index is -4.43. The first-order valence-electron chi connectivity index (χ1n) is 10.5. The highest BCUT2D eigenvalue weighted by molar-refractivity contribution is 5.65. The Balaban J connectivity index is 1.49. The summed E-state index contributed by atoms with van der Waals surface area (Å²) in [5.41, 5.74) is 1.65. The second-order valence-electron chi connectivity index (χ2n) is 8.12. The Bertz CT molecular complexity index is 1060. The van der Waals surface area contributed by atoms with Gasteiger partial charge >= 0.3 is 6.18 Å². The lowest BCUT2D eigenvalue weighted by atomic mass is 10.1. The summed E-state index contributed by atoms with van der Waals surface area (Å²) < 4.78 is 38.9. The van der Waals surface area contributed by atoms with Crippen molar-refractivity contribution in [3.8, 4) is 11.3 Å². The third-order valence-electron chi connectivity index (χ3n) is 5.44. The quantitative estimate of drug-likeness (QED) is 0.572. The zero-order chi connectivity index (χ0) is 22.7. The number of pyridine rings is 3. The van der Waals surface area contributed by atoms with E-state index in [0.29, 0.717) is 17.6 Å². The molecule has 4 rings (SSSR count). The van der Waals surface area contributed by atoms with Crippen LogP contribution in [-0.2, 0) is 6.18 Å². The maximum atomic E-state index is 13.0. The van der Waals surface area contributed by atoms with Crippen LogP contribution in [0, 0.1) is 6.92 Å². The standard InChI is InChI=1S/C23H25F3N6/c1-15-11-19(16-3-4-20(28-14-16)29-18-6-9-32(2)10-7-18)30-22(12-15)31-21-13-17(5-8-27-21)23(24,25)26/h3-5,8,11-14,18H,6-7,9-10H2,1-2H3,(H,28,29)(H,27,30,31). The van der Waals surface area contributed by atoms with E-state index >= 15 is 0 Å². The Morgan fingerprint density at radius 1 is 0.969 bits per heavy atom. The summed E-state index contributed by atoms with van der Waals surface area (Å²) in [5.74, 6) is 1.32. The summed E-state index contributed by atoms with van der Waals surface area (Å²) >= 11 is 0. The number of piperidine rings is 1. The van der Waals surface area contributed by atoms with Gasteiger partial charge < -0.3 is 15.5 Å². The maximum Gasteiger partial charge on any atom is 0.416 e. The van der Waals surface area contributed by atoms with Gasteiger partial charge in [-0.15, -0.1) is 0 Å². The Morgan fingerprint density at radius 3 is 2.44 bits per heavy atom. The zero-order valence-electron chi connectivity index (χ0n) is 17.9. The van der Waals surface area contributed by atoms with E-state index in [2.05, 4.69) is 37.5 Å². The summed E-state index contributed by atoms with van der Waals surface area (Å²) in [7, 11) is 2.13. The third-order valence-corrected chi connectivity index (χ3v) is 5.44. The van der Waals surface area contributed by atoms with E-state index in [9.17, 15) is 13.2 Å². The van der Waals surface area contributed by atoms with E-state index in [1.807, 2.05) is 25.1 Å². The number of rotatable bonds is 5. The molecule has 1 aliphatic rings. The SMILES string of the molecule is Cc1cc(Nc2cc(C(F)(F)F)ccn2)nc(-c2ccc(NC3CCN(C)CC3)nc2)c1. The highest BCUT2D eigenvalue weighted by Gasteiger charge is 2.30. The monoisotopic (exact) mass is 442 g/mol. The van der Waals surface area contributed by atoms with E-state index in [-0.39, 0.29) is 5.82 Å². The van der Waals surface area contributed by atoms with Gasteiger partial charge in [0.05, 0.1) is 11.3 Å². The number of nitrogens with zero attached hydrogens (tertiary/aromatic N) is 4. The van der Waals surface area contributed by atoms with Gasteiger partial charge in [0.1, 0.15) is 17.5 Å². The first kappa shape index (κ1) is 22.0. The molecule has 4 heterocycles. The number of aryl methyl sites for hydroxylation is 1. The van der Waals surface area contributed by atoms with Crippen LogP contribution in [0.3, 0.4) is 0 Å². The molecule has 0 atom stereocenters. The first-order valence-corrected chi connectivity index (χ1v) is 10.5. The van der Waals surface area contributed by atoms with Gasteiger partial charge in [-0.05, 0) is 81.9 Å². The normalized spacial score (nSPS) is 15.5. The molecule has 9 heteroatoms. The predicted molar refractivity (Wildman–Crippen MR) is 119 cm³/mol. The number of aromatic nitrogens is 3. The van der Waals surface area contributed by atoms with Crippen molar-refractivity contribution in [1.82, 2.24) is 19.9 Å². The van der Waals surface area contributed by atoms with Crippen molar-refractivity contribution < 1.29 is 13.2 Å². The van der Waals surface area contributed by atoms with Crippen LogP contribution in [0.5, 0.6) is 0 Å². The van der Waals surface area contributed by atoms with Crippen molar-refractivity contribution in [2.45, 2.75) is 32.0 Å². The van der Waals surface area contributed by atoms with Crippen molar-refractivity contribution >= 4 is 17.5 Å². The zero-order valence-corrected chi connectivity index (χ0v) is 17.9. The number of nitrogens with one attached hydrogen (secondary N) is 2. The van der Waals surface area contributed by atoms with Crippen LogP contribution in [0.15, 0.2) is 48.8 Å². The van der Waals surface area contributed by atoms with Gasteiger partial charge in [0.25, 0.3) is 0 Å². The minimum Gasteiger partial charge on any atom is -0.367 e. The van der Waals surface area contributed by atoms with E-state index in [4.69, 9.17) is 0 Å². The topological polar surface area (TPSA) is 66.0 Å². The molecule has 0 aromatic carbocycles. The molecule has 0 saturated carbocycles. The van der Waals surface area contributed by atoms with Gasteiger partial charge in [-0.2, -0.15) is 13.2 Å². The average molecular weight is 442 g/mol. The average Bonchev–Trinajstić information content (AvgIpc) is 2.75. The fourth-order valence-electron chi connectivity index (χ4n) is 3.68. The lowest BCUT2D eigenvalue weighted by molar-refractivity contribution is -0.137. The molecule has 0 amide bonds. The highest BCUT2D eigenvalue weighted by Crippen LogP contribution is 2.31. The molecular weight excluding hydrogens is 417 g/mol. The van der Waals surface area contributed by atoms with Gasteiger partial charge in [0.15, 0.2) is 0 Å². The number of likely N-dealkylation sites (tertiary alicyclic amines) is 1. The van der Waals surface area contributed by atoms with Crippen LogP contribution in [0.1, 0.15) is 24.0 Å². The summed E-state index contributed by atoms with van der Waals surface area (Å²) in [4.78, 5) is 15.4. The summed E-state index contributed by atoms with van der Waals surface area (Å²) in [6.45, 7) is 4.04. The molecule has 32 heavy (non-hydrogen) atoms. The molecule has 6 nitrogen and oxygen atoms in total. The molecule has 1 saturated heterocycles. The Kier molecular flexibility index (Phi) is 6.27. The summed E-state index contributed by atoms with van der Waals surface area (Å²) in [6, 6.07) is 9.86. The molecule has 168 valence electrons. The van der Waals surface area contributed by atoms with Crippen LogP contribution in [0.2, 0.25) is 0 Å². The van der Waals surface area contributed by atoms with Gasteiger partial charge in [-0.3, -0.25) is 0 Å². The number of halogens is 3. The Hall–Kier alpha value is -3.20. The molecular formula is C23H25F3N6. The number of anilines is 3. The molecule has 0 unspecified atom stereocenters. The van der Waals surface area contributed by atoms with Gasteiger partial charge in [-0.1, -0.05) is 0 Å². The molecule has 3 aromatic heterocycles. The molecule has 0 aliphatic carbocycles. The molecule has 0 radical (unpaired) electrons. The predicted octanol–water partition coefficient (Wildman–Crippen LogP) is 5.12. The smallest absolute Gasteiger partial charge is 0.367 e. The summed E-state index contributed by atoms with van der Waals surface area (Å²) in [6.07, 6.45) is 0.614. The van der Waals surface area contributed by atoms with Gasteiger partial charge in [-0.25, -0.2) is 15.0 Å². The third kappa shape index (κ3) is 5.53. The van der Waals surface area contributed by atoms with E-state index in [1.54, 1.807) is 12.3 Å². The number of hydrogen-bond acceptors (Lipinski definition) is 6. The second-order valence-corrected chi connectivity index (χ2v) is 8.12.